The molecule has 0 spiro atoms. The zero-order valence-corrected chi connectivity index (χ0v) is 14.4. The smallest absolute Gasteiger partial charge is 0.244 e. The molecule has 2 aliphatic rings. The highest BCUT2D eigenvalue weighted by atomic mass is 19.1. The number of hydrogen-bond acceptors (Lipinski definition) is 3. The molecule has 132 valence electrons. The number of hydrogen-bond donors (Lipinski definition) is 1. The standard InChI is InChI=1S/C19H23FN4O/c1-13-11-23-12-14(8-9-18(23)21-13)22-16-6-4-10-24(19(16)25)17-7-3-2-5-15(17)20/h2-3,5,7,11,14,16,22H,4,6,8-10,12H2,1H3. The summed E-state index contributed by atoms with van der Waals surface area (Å²) >= 11 is 0. The summed E-state index contributed by atoms with van der Waals surface area (Å²) in [5.74, 6) is 0.759. The van der Waals surface area contributed by atoms with Crippen molar-refractivity contribution in [1.29, 1.82) is 0 Å². The number of amides is 1. The van der Waals surface area contributed by atoms with Crippen LogP contribution < -0.4 is 10.2 Å². The molecule has 2 aliphatic heterocycles. The minimum absolute atomic E-state index is 0.0241. The Bertz CT molecular complexity index is 787. The van der Waals surface area contributed by atoms with Crippen LogP contribution in [0.1, 0.15) is 30.8 Å². The SMILES string of the molecule is Cc1cn2c(n1)CCC(NC1CCCN(c3ccccc3F)C1=O)C2. The van der Waals surface area contributed by atoms with Gasteiger partial charge in [-0.3, -0.25) is 4.79 Å². The third-order valence-corrected chi connectivity index (χ3v) is 5.13. The van der Waals surface area contributed by atoms with Crippen LogP contribution in [0.3, 0.4) is 0 Å². The Labute approximate surface area is 146 Å². The monoisotopic (exact) mass is 342 g/mol. The van der Waals surface area contributed by atoms with E-state index in [2.05, 4.69) is 21.1 Å². The fourth-order valence-electron chi connectivity index (χ4n) is 3.95. The number of rotatable bonds is 3. The fraction of sp³-hybridized carbons (Fsp3) is 0.474. The van der Waals surface area contributed by atoms with Gasteiger partial charge in [0.2, 0.25) is 5.91 Å². The number of nitrogens with one attached hydrogen (secondary N) is 1. The number of benzene rings is 1. The van der Waals surface area contributed by atoms with Crippen LogP contribution in [0.4, 0.5) is 10.1 Å². The number of piperidine rings is 1. The van der Waals surface area contributed by atoms with Gasteiger partial charge in [0.25, 0.3) is 0 Å². The van der Waals surface area contributed by atoms with Crippen LogP contribution in [0, 0.1) is 12.7 Å². The van der Waals surface area contributed by atoms with E-state index in [1.54, 1.807) is 23.1 Å². The molecule has 1 N–H and O–H groups in total. The van der Waals surface area contributed by atoms with E-state index in [4.69, 9.17) is 0 Å². The highest BCUT2D eigenvalue weighted by Gasteiger charge is 2.33. The van der Waals surface area contributed by atoms with E-state index in [9.17, 15) is 9.18 Å². The van der Waals surface area contributed by atoms with E-state index in [0.29, 0.717) is 12.2 Å². The van der Waals surface area contributed by atoms with Crippen LogP contribution in [0.25, 0.3) is 0 Å². The first-order valence-corrected chi connectivity index (χ1v) is 8.96. The molecule has 0 bridgehead atoms. The molecule has 0 radical (unpaired) electrons. The van der Waals surface area contributed by atoms with Gasteiger partial charge in [-0.15, -0.1) is 0 Å². The van der Waals surface area contributed by atoms with Crippen LogP contribution in [-0.2, 0) is 17.8 Å². The Balaban J connectivity index is 1.46. The third-order valence-electron chi connectivity index (χ3n) is 5.13. The predicted molar refractivity (Wildman–Crippen MR) is 94.0 cm³/mol. The number of aromatic nitrogens is 2. The molecule has 0 aliphatic carbocycles. The Morgan fingerprint density at radius 1 is 1.28 bits per heavy atom. The number of anilines is 1. The molecule has 2 aromatic rings. The molecule has 1 aromatic carbocycles. The summed E-state index contributed by atoms with van der Waals surface area (Å²) in [7, 11) is 0. The second-order valence-corrected chi connectivity index (χ2v) is 6.99. The number of imidazole rings is 1. The van der Waals surface area contributed by atoms with Gasteiger partial charge in [-0.05, 0) is 38.3 Å². The third kappa shape index (κ3) is 3.18. The number of para-hydroxylation sites is 1. The number of fused-ring (bicyclic) bond motifs is 1. The Hall–Kier alpha value is -2.21. The van der Waals surface area contributed by atoms with Gasteiger partial charge in [0.05, 0.1) is 17.4 Å². The van der Waals surface area contributed by atoms with Crippen LogP contribution >= 0.6 is 0 Å². The Morgan fingerprint density at radius 2 is 2.12 bits per heavy atom. The van der Waals surface area contributed by atoms with E-state index >= 15 is 0 Å². The summed E-state index contributed by atoms with van der Waals surface area (Å²) in [5, 5.41) is 3.51. The van der Waals surface area contributed by atoms with Crippen molar-refractivity contribution in [3.05, 3.63) is 47.8 Å². The van der Waals surface area contributed by atoms with Gasteiger partial charge in [-0.25, -0.2) is 9.37 Å². The summed E-state index contributed by atoms with van der Waals surface area (Å²) in [4.78, 5) is 19.0. The van der Waals surface area contributed by atoms with Gasteiger partial charge in [0, 0.05) is 31.7 Å². The summed E-state index contributed by atoms with van der Waals surface area (Å²) in [6.07, 6.45) is 5.64. The van der Waals surface area contributed by atoms with Gasteiger partial charge in [-0.1, -0.05) is 12.1 Å². The summed E-state index contributed by atoms with van der Waals surface area (Å²) in [6.45, 7) is 3.41. The van der Waals surface area contributed by atoms with E-state index in [1.165, 1.54) is 6.07 Å². The lowest BCUT2D eigenvalue weighted by molar-refractivity contribution is -0.122. The average Bonchev–Trinajstić information content (AvgIpc) is 2.97. The molecule has 1 aromatic heterocycles. The fourth-order valence-corrected chi connectivity index (χ4v) is 3.95. The lowest BCUT2D eigenvalue weighted by Gasteiger charge is -2.36. The van der Waals surface area contributed by atoms with Crippen molar-refractivity contribution in [3.8, 4) is 0 Å². The molecule has 1 amide bonds. The number of carbonyl (C=O) groups excluding carboxylic acids is 1. The van der Waals surface area contributed by atoms with Crippen molar-refractivity contribution < 1.29 is 9.18 Å². The van der Waals surface area contributed by atoms with Crippen molar-refractivity contribution in [2.45, 2.75) is 51.2 Å². The van der Waals surface area contributed by atoms with E-state index in [1.807, 2.05) is 6.92 Å². The topological polar surface area (TPSA) is 50.2 Å². The minimum atomic E-state index is -0.340. The van der Waals surface area contributed by atoms with Crippen molar-refractivity contribution in [2.24, 2.45) is 0 Å². The minimum Gasteiger partial charge on any atom is -0.333 e. The van der Waals surface area contributed by atoms with Crippen molar-refractivity contribution in [2.75, 3.05) is 11.4 Å². The van der Waals surface area contributed by atoms with Crippen LogP contribution in [-0.4, -0.2) is 34.1 Å². The molecule has 2 atom stereocenters. The summed E-state index contributed by atoms with van der Waals surface area (Å²) in [5.41, 5.74) is 1.42. The molecule has 25 heavy (non-hydrogen) atoms. The van der Waals surface area contributed by atoms with Crippen molar-refractivity contribution in [3.63, 3.8) is 0 Å². The second kappa shape index (κ2) is 6.59. The normalized spacial score (nSPS) is 23.6. The molecular weight excluding hydrogens is 319 g/mol. The number of aryl methyl sites for hydroxylation is 2. The van der Waals surface area contributed by atoms with E-state index in [0.717, 1.165) is 43.7 Å². The molecule has 0 saturated carbocycles. The summed E-state index contributed by atoms with van der Waals surface area (Å²) < 4.78 is 16.3. The molecule has 2 unspecified atom stereocenters. The Kier molecular flexibility index (Phi) is 4.29. The van der Waals surface area contributed by atoms with Gasteiger partial charge < -0.3 is 14.8 Å². The molecule has 6 heteroatoms. The van der Waals surface area contributed by atoms with Crippen LogP contribution in [0.5, 0.6) is 0 Å². The number of nitrogens with zero attached hydrogens (tertiary/aromatic N) is 3. The van der Waals surface area contributed by atoms with E-state index < -0.39 is 0 Å². The first-order chi connectivity index (χ1) is 12.1. The molecule has 3 heterocycles. The van der Waals surface area contributed by atoms with Crippen LogP contribution in [0.15, 0.2) is 30.5 Å². The molecule has 5 nitrogen and oxygen atoms in total. The zero-order chi connectivity index (χ0) is 17.4. The lowest BCUT2D eigenvalue weighted by atomic mass is 10.00. The maximum absolute atomic E-state index is 14.1. The second-order valence-electron chi connectivity index (χ2n) is 6.99. The van der Waals surface area contributed by atoms with Crippen molar-refractivity contribution in [1.82, 2.24) is 14.9 Å². The van der Waals surface area contributed by atoms with Crippen molar-refractivity contribution >= 4 is 11.6 Å². The first kappa shape index (κ1) is 16.3. The Morgan fingerprint density at radius 3 is 2.96 bits per heavy atom. The van der Waals surface area contributed by atoms with Gasteiger partial charge in [-0.2, -0.15) is 0 Å². The van der Waals surface area contributed by atoms with Crippen LogP contribution in [0.2, 0.25) is 0 Å². The van der Waals surface area contributed by atoms with E-state index in [-0.39, 0.29) is 23.8 Å². The highest BCUT2D eigenvalue weighted by Crippen LogP contribution is 2.25. The van der Waals surface area contributed by atoms with Gasteiger partial charge in [0.15, 0.2) is 0 Å². The van der Waals surface area contributed by atoms with Gasteiger partial charge >= 0.3 is 0 Å². The van der Waals surface area contributed by atoms with Gasteiger partial charge in [0.1, 0.15) is 11.6 Å². The number of halogens is 1. The zero-order valence-electron chi connectivity index (χ0n) is 14.4. The summed E-state index contributed by atoms with van der Waals surface area (Å²) in [6, 6.07) is 6.50. The maximum atomic E-state index is 14.1. The highest BCUT2D eigenvalue weighted by molar-refractivity contribution is 5.98. The number of carbonyl (C=O) groups is 1. The molecule has 4 rings (SSSR count). The quantitative estimate of drug-likeness (QED) is 0.932. The lowest BCUT2D eigenvalue weighted by Crippen LogP contribution is -2.55. The molecular formula is C19H23FN4O. The first-order valence-electron chi connectivity index (χ1n) is 8.96. The maximum Gasteiger partial charge on any atom is 0.244 e. The average molecular weight is 342 g/mol. The molecule has 1 saturated heterocycles. The largest absolute Gasteiger partial charge is 0.333 e. The predicted octanol–water partition coefficient (Wildman–Crippen LogP) is 2.43. The molecule has 1 fully saturated rings.